The van der Waals surface area contributed by atoms with Crippen molar-refractivity contribution < 1.29 is 31.0 Å². The van der Waals surface area contributed by atoms with Crippen LogP contribution in [0.25, 0.3) is 0 Å². The Labute approximate surface area is 102 Å². The van der Waals surface area contributed by atoms with Crippen LogP contribution in [-0.4, -0.2) is 40.5 Å². The second kappa shape index (κ2) is 7.45. The Balaban J connectivity index is 4.26. The summed E-state index contributed by atoms with van der Waals surface area (Å²) in [5.41, 5.74) is 0. The Bertz CT molecular complexity index is 343. The first-order chi connectivity index (χ1) is 7.72. The van der Waals surface area contributed by atoms with Crippen molar-refractivity contribution in [2.24, 2.45) is 0 Å². The van der Waals surface area contributed by atoms with Crippen molar-refractivity contribution >= 4 is 17.7 Å². The van der Waals surface area contributed by atoms with Gasteiger partial charge in [-0.05, 0) is 20.8 Å². The molecule has 0 aliphatic carbocycles. The molecule has 0 aromatic rings. The van der Waals surface area contributed by atoms with Crippen molar-refractivity contribution in [3.8, 4) is 0 Å². The lowest BCUT2D eigenvalue weighted by molar-refractivity contribution is -0.0497. The molecule has 104 valence electrons. The van der Waals surface area contributed by atoms with E-state index in [4.69, 9.17) is 13.8 Å². The van der Waals surface area contributed by atoms with Gasteiger partial charge in [-0.1, -0.05) is 0 Å². The van der Waals surface area contributed by atoms with Gasteiger partial charge in [0.15, 0.2) is 12.6 Å². The molecule has 0 aromatic heterocycles. The van der Waals surface area contributed by atoms with E-state index < -0.39 is 24.0 Å². The van der Waals surface area contributed by atoms with Crippen molar-refractivity contribution in [3.05, 3.63) is 0 Å². The molecule has 0 bridgehead atoms. The maximum absolute atomic E-state index is 11.9. The van der Waals surface area contributed by atoms with Gasteiger partial charge in [-0.15, -0.1) is 0 Å². The summed E-state index contributed by atoms with van der Waals surface area (Å²) in [6.07, 6.45) is -0.498. The van der Waals surface area contributed by atoms with Crippen molar-refractivity contribution in [3.63, 3.8) is 0 Å². The van der Waals surface area contributed by atoms with Gasteiger partial charge in [-0.3, -0.25) is 4.57 Å². The van der Waals surface area contributed by atoms with E-state index in [9.17, 15) is 13.0 Å². The lowest BCUT2D eigenvalue weighted by atomic mass is 10.8. The predicted octanol–water partition coefficient (Wildman–Crippen LogP) is 1.55. The highest BCUT2D eigenvalue weighted by Crippen LogP contribution is 2.48. The summed E-state index contributed by atoms with van der Waals surface area (Å²) >= 11 is 0. The van der Waals surface area contributed by atoms with Crippen molar-refractivity contribution in [2.45, 2.75) is 27.1 Å². The monoisotopic (exact) mass is 290 g/mol. The highest BCUT2D eigenvalue weighted by atomic mass is 32.2. The zero-order valence-corrected chi connectivity index (χ0v) is 12.1. The minimum Gasteiger partial charge on any atom is -0.339 e. The molecule has 17 heavy (non-hydrogen) atoms. The van der Waals surface area contributed by atoms with Gasteiger partial charge in [0.2, 0.25) is 0 Å². The summed E-state index contributed by atoms with van der Waals surface area (Å²) in [4.78, 5) is 0. The van der Waals surface area contributed by atoms with Gasteiger partial charge in [0, 0.05) is 0 Å². The van der Waals surface area contributed by atoms with Crippen LogP contribution in [0.1, 0.15) is 20.8 Å². The molecular weight excluding hydrogens is 271 g/mol. The molecule has 0 heterocycles. The van der Waals surface area contributed by atoms with E-state index in [0.29, 0.717) is 0 Å². The molecule has 7 nitrogen and oxygen atoms in total. The molecule has 1 unspecified atom stereocenters. The highest BCUT2D eigenvalue weighted by molar-refractivity contribution is 7.86. The summed E-state index contributed by atoms with van der Waals surface area (Å²) in [5.74, 6) is 0. The zero-order valence-electron chi connectivity index (χ0n) is 10.4. The molecule has 0 aromatic carbocycles. The van der Waals surface area contributed by atoms with Crippen LogP contribution in [-0.2, 0) is 32.7 Å². The quantitative estimate of drug-likeness (QED) is 0.361. The molecule has 0 saturated carbocycles. The van der Waals surface area contributed by atoms with Gasteiger partial charge < -0.3 is 13.8 Å². The fraction of sp³-hybridized carbons (Fsp3) is 1.00. The van der Waals surface area contributed by atoms with Gasteiger partial charge in [-0.25, -0.2) is 4.18 Å². The van der Waals surface area contributed by atoms with Crippen LogP contribution in [0.3, 0.4) is 0 Å². The Hall–Kier alpha value is 0.0200. The molecule has 0 saturated heterocycles. The van der Waals surface area contributed by atoms with Gasteiger partial charge in [-0.2, -0.15) is 8.42 Å². The molecule has 0 N–H and O–H groups in total. The van der Waals surface area contributed by atoms with E-state index in [0.717, 1.165) is 6.26 Å². The normalized spacial score (nSPS) is 14.8. The molecular formula is C8H19O7PS. The van der Waals surface area contributed by atoms with Crippen LogP contribution in [0.2, 0.25) is 0 Å². The molecule has 0 aliphatic rings. The Morgan fingerprint density at radius 3 is 2.00 bits per heavy atom. The van der Waals surface area contributed by atoms with E-state index in [-0.39, 0.29) is 19.6 Å². The Morgan fingerprint density at radius 1 is 1.18 bits per heavy atom. The first-order valence-electron chi connectivity index (χ1n) is 5.10. The van der Waals surface area contributed by atoms with Crippen LogP contribution in [0.5, 0.6) is 0 Å². The van der Waals surface area contributed by atoms with Crippen LogP contribution in [0, 0.1) is 0 Å². The van der Waals surface area contributed by atoms with Crippen LogP contribution in [0.15, 0.2) is 0 Å². The lowest BCUT2D eigenvalue weighted by Gasteiger charge is -2.19. The first kappa shape index (κ1) is 17.0. The maximum Gasteiger partial charge on any atom is 0.356 e. The second-order valence-electron chi connectivity index (χ2n) is 3.11. The third-order valence-corrected chi connectivity index (χ3v) is 3.82. The third-order valence-electron chi connectivity index (χ3n) is 1.43. The molecule has 9 heteroatoms. The van der Waals surface area contributed by atoms with Crippen LogP contribution in [0.4, 0.5) is 0 Å². The third kappa shape index (κ3) is 8.70. The summed E-state index contributed by atoms with van der Waals surface area (Å²) < 4.78 is 52.9. The van der Waals surface area contributed by atoms with Gasteiger partial charge >= 0.3 is 7.60 Å². The number of ether oxygens (including phenoxy) is 1. The van der Waals surface area contributed by atoms with Gasteiger partial charge in [0.05, 0.1) is 19.5 Å². The lowest BCUT2D eigenvalue weighted by Crippen LogP contribution is -2.18. The molecule has 0 radical (unpaired) electrons. The fourth-order valence-corrected chi connectivity index (χ4v) is 2.93. The summed E-state index contributed by atoms with van der Waals surface area (Å²) in [7, 11) is -6.95. The second-order valence-corrected chi connectivity index (χ2v) is 6.71. The van der Waals surface area contributed by atoms with Gasteiger partial charge in [0.1, 0.15) is 0 Å². The SMILES string of the molecule is CCOP(=O)(COC(C)OS(C)(=O)=O)OCC. The largest absolute Gasteiger partial charge is 0.356 e. The molecule has 0 spiro atoms. The first-order valence-corrected chi connectivity index (χ1v) is 8.65. The predicted molar refractivity (Wildman–Crippen MR) is 62.2 cm³/mol. The number of hydrogen-bond donors (Lipinski definition) is 0. The molecule has 0 amide bonds. The average molecular weight is 290 g/mol. The van der Waals surface area contributed by atoms with E-state index in [1.165, 1.54) is 6.92 Å². The summed E-state index contributed by atoms with van der Waals surface area (Å²) in [6, 6.07) is 0. The average Bonchev–Trinajstić information content (AvgIpc) is 2.13. The van der Waals surface area contributed by atoms with E-state index in [2.05, 4.69) is 4.18 Å². The molecule has 0 fully saturated rings. The minimum atomic E-state index is -3.61. The van der Waals surface area contributed by atoms with Crippen molar-refractivity contribution in [2.75, 3.05) is 25.8 Å². The topological polar surface area (TPSA) is 88.1 Å². The summed E-state index contributed by atoms with van der Waals surface area (Å²) in [5, 5.41) is 0. The Kier molecular flexibility index (Phi) is 7.46. The molecule has 0 aliphatic heterocycles. The smallest absolute Gasteiger partial charge is 0.339 e. The van der Waals surface area contributed by atoms with Crippen molar-refractivity contribution in [1.29, 1.82) is 0 Å². The number of hydrogen-bond acceptors (Lipinski definition) is 7. The van der Waals surface area contributed by atoms with Crippen molar-refractivity contribution in [1.82, 2.24) is 0 Å². The highest BCUT2D eigenvalue weighted by Gasteiger charge is 2.25. The van der Waals surface area contributed by atoms with E-state index in [1.807, 2.05) is 0 Å². The Morgan fingerprint density at radius 2 is 1.65 bits per heavy atom. The van der Waals surface area contributed by atoms with E-state index >= 15 is 0 Å². The van der Waals surface area contributed by atoms with E-state index in [1.54, 1.807) is 13.8 Å². The standard InChI is InChI=1S/C8H19O7PS/c1-5-13-16(9,14-6-2)7-12-8(3)15-17(4,10)11/h8H,5-7H2,1-4H3. The van der Waals surface area contributed by atoms with Gasteiger partial charge in [0.25, 0.3) is 10.1 Å². The number of rotatable bonds is 9. The van der Waals surface area contributed by atoms with Crippen LogP contribution < -0.4 is 0 Å². The van der Waals surface area contributed by atoms with Crippen LogP contribution >= 0.6 is 7.60 Å². The molecule has 0 rings (SSSR count). The zero-order chi connectivity index (χ0) is 13.5. The maximum atomic E-state index is 11.9. The minimum absolute atomic E-state index is 0.210. The molecule has 1 atom stereocenters. The summed E-state index contributed by atoms with van der Waals surface area (Å²) in [6.45, 7) is 5.14. The fourth-order valence-electron chi connectivity index (χ4n) is 0.975.